The van der Waals surface area contributed by atoms with Crippen LogP contribution in [0.1, 0.15) is 5.56 Å². The lowest BCUT2D eigenvalue weighted by atomic mass is 10.0. The first-order chi connectivity index (χ1) is 16.5. The maximum Gasteiger partial charge on any atom is 0.248 e. The second-order valence-electron chi connectivity index (χ2n) is 7.55. The van der Waals surface area contributed by atoms with E-state index in [1.165, 1.54) is 6.08 Å². The molecule has 34 heavy (non-hydrogen) atoms. The lowest BCUT2D eigenvalue weighted by Crippen LogP contribution is -2.07. The molecule has 7 heteroatoms. The zero-order chi connectivity index (χ0) is 23.7. The Morgan fingerprint density at radius 3 is 2.74 bits per heavy atom. The average molecular weight is 534 g/mol. The van der Waals surface area contributed by atoms with E-state index in [1.807, 2.05) is 54.6 Å². The molecule has 0 spiro atoms. The molecule has 0 unspecified atom stereocenters. The molecular weight excluding hydrogens is 516 g/mol. The highest BCUT2D eigenvalue weighted by atomic mass is 79.9. The van der Waals surface area contributed by atoms with Gasteiger partial charge in [-0.15, -0.1) is 0 Å². The number of ether oxygens (including phenoxy) is 1. The van der Waals surface area contributed by atoms with E-state index in [0.29, 0.717) is 33.4 Å². The number of methoxy groups -OCH3 is 1. The van der Waals surface area contributed by atoms with E-state index < -0.39 is 0 Å². The third-order valence-corrected chi connectivity index (χ3v) is 6.18. The maximum atomic E-state index is 12.5. The van der Waals surface area contributed by atoms with Crippen molar-refractivity contribution >= 4 is 67.1 Å². The Balaban J connectivity index is 1.40. The molecule has 0 saturated heterocycles. The van der Waals surface area contributed by atoms with Crippen molar-refractivity contribution in [1.29, 1.82) is 0 Å². The summed E-state index contributed by atoms with van der Waals surface area (Å²) >= 11 is 9.78. The van der Waals surface area contributed by atoms with E-state index in [1.54, 1.807) is 31.4 Å². The minimum Gasteiger partial charge on any atom is -0.496 e. The molecule has 0 fully saturated rings. The van der Waals surface area contributed by atoms with Crippen LogP contribution in [0.5, 0.6) is 5.75 Å². The van der Waals surface area contributed by atoms with Crippen molar-refractivity contribution in [2.24, 2.45) is 0 Å². The highest BCUT2D eigenvalue weighted by molar-refractivity contribution is 9.10. The van der Waals surface area contributed by atoms with Crippen LogP contribution in [0.25, 0.3) is 39.4 Å². The van der Waals surface area contributed by atoms with Gasteiger partial charge in [0.05, 0.1) is 7.11 Å². The molecule has 1 aromatic heterocycles. The fourth-order valence-electron chi connectivity index (χ4n) is 3.76. The molecule has 0 aliphatic rings. The fourth-order valence-corrected chi connectivity index (χ4v) is 4.38. The molecule has 1 heterocycles. The first kappa shape index (κ1) is 22.2. The molecule has 1 N–H and O–H groups in total. The summed E-state index contributed by atoms with van der Waals surface area (Å²) < 4.78 is 12.2. The summed E-state index contributed by atoms with van der Waals surface area (Å²) in [4.78, 5) is 17.2. The second kappa shape index (κ2) is 9.33. The number of nitrogens with one attached hydrogen (secondary N) is 1. The predicted molar refractivity (Wildman–Crippen MR) is 140 cm³/mol. The highest BCUT2D eigenvalue weighted by Gasteiger charge is 2.13. The molecule has 4 aromatic carbocycles. The molecule has 0 bridgehead atoms. The minimum absolute atomic E-state index is 0.270. The Kier molecular flexibility index (Phi) is 6.09. The molecule has 0 saturated carbocycles. The van der Waals surface area contributed by atoms with Crippen LogP contribution in [0.4, 0.5) is 5.69 Å². The van der Waals surface area contributed by atoms with E-state index in [4.69, 9.17) is 20.8 Å². The Morgan fingerprint density at radius 2 is 1.88 bits per heavy atom. The SMILES string of the molecule is COc1ccc(Br)cc1C=CC(=O)Nc1ccc2oc(-c3cccc4c(Cl)cccc34)nc2c1. The minimum atomic E-state index is -0.270. The lowest BCUT2D eigenvalue weighted by molar-refractivity contribution is -0.111. The van der Waals surface area contributed by atoms with Gasteiger partial charge in [0.1, 0.15) is 11.3 Å². The number of anilines is 1. The van der Waals surface area contributed by atoms with E-state index in [2.05, 4.69) is 26.2 Å². The Hall–Kier alpha value is -3.61. The van der Waals surface area contributed by atoms with Gasteiger partial charge in [-0.2, -0.15) is 0 Å². The number of fused-ring (bicyclic) bond motifs is 2. The van der Waals surface area contributed by atoms with Gasteiger partial charge in [-0.1, -0.05) is 51.8 Å². The van der Waals surface area contributed by atoms with Crippen molar-refractivity contribution < 1.29 is 13.9 Å². The van der Waals surface area contributed by atoms with Crippen LogP contribution >= 0.6 is 27.5 Å². The molecular formula is C27H18BrClN2O3. The molecule has 1 amide bonds. The van der Waals surface area contributed by atoms with Crippen LogP contribution in [-0.4, -0.2) is 18.0 Å². The van der Waals surface area contributed by atoms with Gasteiger partial charge < -0.3 is 14.5 Å². The summed E-state index contributed by atoms with van der Waals surface area (Å²) in [6.45, 7) is 0. The van der Waals surface area contributed by atoms with Gasteiger partial charge in [-0.3, -0.25) is 4.79 Å². The van der Waals surface area contributed by atoms with Gasteiger partial charge in [0.15, 0.2) is 5.58 Å². The second-order valence-corrected chi connectivity index (χ2v) is 8.87. The monoisotopic (exact) mass is 532 g/mol. The van der Waals surface area contributed by atoms with Gasteiger partial charge in [0.25, 0.3) is 0 Å². The Labute approximate surface area is 209 Å². The maximum absolute atomic E-state index is 12.5. The summed E-state index contributed by atoms with van der Waals surface area (Å²) in [5.41, 5.74) is 3.53. The van der Waals surface area contributed by atoms with Gasteiger partial charge in [0, 0.05) is 37.8 Å². The third kappa shape index (κ3) is 4.42. The Morgan fingerprint density at radius 1 is 1.06 bits per heavy atom. The predicted octanol–water partition coefficient (Wildman–Crippen LogP) is 7.72. The standard InChI is InChI=1S/C27H18BrClN2O3/c1-33-24-11-9-17(28)14-16(24)8-13-26(32)30-18-10-12-25-23(15-18)31-27(34-25)21-6-2-5-20-19(21)4-3-7-22(20)29/h2-15H,1H3,(H,30,32). The van der Waals surface area contributed by atoms with Crippen LogP contribution in [0.15, 0.2) is 87.8 Å². The molecule has 0 aliphatic heterocycles. The highest BCUT2D eigenvalue weighted by Crippen LogP contribution is 2.34. The van der Waals surface area contributed by atoms with Crippen molar-refractivity contribution in [2.75, 3.05) is 12.4 Å². The van der Waals surface area contributed by atoms with Gasteiger partial charge >= 0.3 is 0 Å². The van der Waals surface area contributed by atoms with Crippen molar-refractivity contribution in [3.8, 4) is 17.2 Å². The largest absolute Gasteiger partial charge is 0.496 e. The van der Waals surface area contributed by atoms with Crippen molar-refractivity contribution in [2.45, 2.75) is 0 Å². The fraction of sp³-hybridized carbons (Fsp3) is 0.0370. The lowest BCUT2D eigenvalue weighted by Gasteiger charge is -2.05. The summed E-state index contributed by atoms with van der Waals surface area (Å²) in [6.07, 6.45) is 3.17. The molecule has 5 rings (SSSR count). The number of benzene rings is 4. The van der Waals surface area contributed by atoms with E-state index in [9.17, 15) is 4.79 Å². The Bertz CT molecular complexity index is 1580. The summed E-state index contributed by atoms with van der Waals surface area (Å²) in [7, 11) is 1.59. The number of rotatable bonds is 5. The number of aromatic nitrogens is 1. The van der Waals surface area contributed by atoms with Crippen LogP contribution in [0.3, 0.4) is 0 Å². The van der Waals surface area contributed by atoms with Crippen molar-refractivity contribution in [1.82, 2.24) is 4.98 Å². The number of oxazole rings is 1. The average Bonchev–Trinajstić information content (AvgIpc) is 3.26. The number of halogens is 2. The number of nitrogens with zero attached hydrogens (tertiary/aromatic N) is 1. The normalized spacial score (nSPS) is 11.4. The summed E-state index contributed by atoms with van der Waals surface area (Å²) in [5.74, 6) is 0.903. The molecule has 168 valence electrons. The van der Waals surface area contributed by atoms with Crippen molar-refractivity contribution in [3.05, 3.63) is 93.9 Å². The van der Waals surface area contributed by atoms with Crippen LogP contribution < -0.4 is 10.1 Å². The zero-order valence-electron chi connectivity index (χ0n) is 18.0. The van der Waals surface area contributed by atoms with Gasteiger partial charge in [0.2, 0.25) is 11.8 Å². The number of amides is 1. The zero-order valence-corrected chi connectivity index (χ0v) is 20.4. The number of hydrogen-bond donors (Lipinski definition) is 1. The van der Waals surface area contributed by atoms with Crippen molar-refractivity contribution in [3.63, 3.8) is 0 Å². The van der Waals surface area contributed by atoms with E-state index in [-0.39, 0.29) is 5.91 Å². The smallest absolute Gasteiger partial charge is 0.248 e. The molecule has 5 nitrogen and oxygen atoms in total. The van der Waals surface area contributed by atoms with Gasteiger partial charge in [-0.25, -0.2) is 4.98 Å². The van der Waals surface area contributed by atoms with E-state index in [0.717, 1.165) is 26.4 Å². The number of hydrogen-bond acceptors (Lipinski definition) is 4. The molecule has 0 aliphatic carbocycles. The third-order valence-electron chi connectivity index (χ3n) is 5.36. The quantitative estimate of drug-likeness (QED) is 0.235. The first-order valence-corrected chi connectivity index (χ1v) is 11.6. The molecule has 0 radical (unpaired) electrons. The number of carbonyl (C=O) groups excluding carboxylic acids is 1. The van der Waals surface area contributed by atoms with Crippen LogP contribution in [0.2, 0.25) is 5.02 Å². The summed E-state index contributed by atoms with van der Waals surface area (Å²) in [6, 6.07) is 22.5. The van der Waals surface area contributed by atoms with Gasteiger partial charge in [-0.05, 0) is 60.0 Å². The molecule has 0 atom stereocenters. The summed E-state index contributed by atoms with van der Waals surface area (Å²) in [5, 5.41) is 5.44. The molecule has 5 aromatic rings. The van der Waals surface area contributed by atoms with E-state index >= 15 is 0 Å². The topological polar surface area (TPSA) is 64.4 Å². The van der Waals surface area contributed by atoms with Crippen LogP contribution in [0, 0.1) is 0 Å². The number of carbonyl (C=O) groups is 1. The first-order valence-electron chi connectivity index (χ1n) is 10.4. The van der Waals surface area contributed by atoms with Crippen LogP contribution in [-0.2, 0) is 4.79 Å².